The lowest BCUT2D eigenvalue weighted by Gasteiger charge is -2.22. The van der Waals surface area contributed by atoms with Crippen molar-refractivity contribution in [3.05, 3.63) is 29.8 Å². The molecule has 0 aliphatic carbocycles. The summed E-state index contributed by atoms with van der Waals surface area (Å²) < 4.78 is 27.5. The summed E-state index contributed by atoms with van der Waals surface area (Å²) in [7, 11) is -0.515. The van der Waals surface area contributed by atoms with E-state index in [2.05, 4.69) is 10.1 Å². The van der Waals surface area contributed by atoms with Crippen LogP contribution in [0.5, 0.6) is 0 Å². The van der Waals surface area contributed by atoms with Crippen molar-refractivity contribution in [2.45, 2.75) is 12.5 Å². The maximum Gasteiger partial charge on any atom is 0.337 e. The molecule has 0 saturated carbocycles. The van der Waals surface area contributed by atoms with Crippen molar-refractivity contribution in [1.29, 1.82) is 0 Å². The number of nitrogens with one attached hydrogen (secondary N) is 1. The van der Waals surface area contributed by atoms with Crippen LogP contribution in [0.1, 0.15) is 16.8 Å². The normalized spacial score (nSPS) is 18.7. The first-order chi connectivity index (χ1) is 11.2. The number of rotatable bonds is 3. The van der Waals surface area contributed by atoms with Crippen molar-refractivity contribution in [2.75, 3.05) is 31.0 Å². The molecule has 8 nitrogen and oxygen atoms in total. The zero-order chi connectivity index (χ0) is 17.9. The number of benzene rings is 1. The van der Waals surface area contributed by atoms with E-state index < -0.39 is 33.7 Å². The molecule has 1 atom stereocenters. The third-order valence-corrected chi connectivity index (χ3v) is 5.56. The van der Waals surface area contributed by atoms with Crippen LogP contribution in [0.25, 0.3) is 0 Å². The minimum absolute atomic E-state index is 0.0120. The number of sulfone groups is 1. The number of hydrogen-bond acceptors (Lipinski definition) is 6. The van der Waals surface area contributed by atoms with Gasteiger partial charge in [0.15, 0.2) is 9.84 Å². The van der Waals surface area contributed by atoms with Gasteiger partial charge >= 0.3 is 17.8 Å². The van der Waals surface area contributed by atoms with E-state index in [4.69, 9.17) is 0 Å². The van der Waals surface area contributed by atoms with Crippen LogP contribution in [0, 0.1) is 0 Å². The van der Waals surface area contributed by atoms with Gasteiger partial charge in [0.05, 0.1) is 24.2 Å². The lowest BCUT2D eigenvalue weighted by Crippen LogP contribution is -2.43. The van der Waals surface area contributed by atoms with Crippen molar-refractivity contribution < 1.29 is 27.5 Å². The molecule has 24 heavy (non-hydrogen) atoms. The summed E-state index contributed by atoms with van der Waals surface area (Å²) in [5.74, 6) is -2.42. The predicted molar refractivity (Wildman–Crippen MR) is 86.2 cm³/mol. The highest BCUT2D eigenvalue weighted by Gasteiger charge is 2.34. The Balaban J connectivity index is 2.04. The minimum Gasteiger partial charge on any atom is -0.465 e. The van der Waals surface area contributed by atoms with E-state index in [-0.39, 0.29) is 22.8 Å². The molecule has 1 aliphatic rings. The number of likely N-dealkylation sites (N-methyl/N-ethyl adjacent to an activating group) is 1. The Kier molecular flexibility index (Phi) is 5.23. The number of hydrogen-bond donors (Lipinski definition) is 1. The van der Waals surface area contributed by atoms with Crippen molar-refractivity contribution in [2.24, 2.45) is 0 Å². The van der Waals surface area contributed by atoms with Gasteiger partial charge in [-0.25, -0.2) is 13.2 Å². The summed E-state index contributed by atoms with van der Waals surface area (Å²) in [6.45, 7) is 0. The Hall–Kier alpha value is -2.42. The Morgan fingerprint density at radius 2 is 2.00 bits per heavy atom. The lowest BCUT2D eigenvalue weighted by atomic mass is 10.2. The second-order valence-corrected chi connectivity index (χ2v) is 7.73. The number of nitrogens with zero attached hydrogens (tertiary/aromatic N) is 1. The van der Waals surface area contributed by atoms with E-state index in [9.17, 15) is 22.8 Å². The molecule has 1 fully saturated rings. The molecule has 0 bridgehead atoms. The van der Waals surface area contributed by atoms with Gasteiger partial charge in [0, 0.05) is 18.8 Å². The number of anilines is 1. The number of amides is 2. The van der Waals surface area contributed by atoms with E-state index in [1.165, 1.54) is 32.4 Å². The number of methoxy groups -OCH3 is 1. The molecule has 1 unspecified atom stereocenters. The summed E-state index contributed by atoms with van der Waals surface area (Å²) in [5.41, 5.74) is 0.502. The molecule has 2 amide bonds. The predicted octanol–water partition coefficient (Wildman–Crippen LogP) is 0.0572. The summed E-state index contributed by atoms with van der Waals surface area (Å²) >= 11 is 0. The SMILES string of the molecule is COC(=O)c1cccc(NC(=O)C(=O)N(C)C2CCS(=O)(=O)C2)c1. The van der Waals surface area contributed by atoms with E-state index in [0.29, 0.717) is 6.42 Å². The standard InChI is InChI=1S/C15H18N2O6S/c1-17(12-6-7-24(21,22)9-12)14(19)13(18)16-11-5-3-4-10(8-11)15(20)23-2/h3-5,8,12H,6-7,9H2,1-2H3,(H,16,18). The van der Waals surface area contributed by atoms with Crippen molar-refractivity contribution in [3.8, 4) is 0 Å². The van der Waals surface area contributed by atoms with E-state index in [0.717, 1.165) is 4.90 Å². The molecule has 0 spiro atoms. The third kappa shape index (κ3) is 4.10. The van der Waals surface area contributed by atoms with Gasteiger partial charge in [0.25, 0.3) is 0 Å². The smallest absolute Gasteiger partial charge is 0.337 e. The van der Waals surface area contributed by atoms with Gasteiger partial charge in [-0.3, -0.25) is 9.59 Å². The van der Waals surface area contributed by atoms with Crippen molar-refractivity contribution in [3.63, 3.8) is 0 Å². The van der Waals surface area contributed by atoms with Crippen LogP contribution >= 0.6 is 0 Å². The van der Waals surface area contributed by atoms with Crippen molar-refractivity contribution in [1.82, 2.24) is 4.90 Å². The summed E-state index contributed by atoms with van der Waals surface area (Å²) in [4.78, 5) is 36.8. The molecule has 2 rings (SSSR count). The minimum atomic E-state index is -3.15. The molecule has 1 aromatic rings. The molecular weight excluding hydrogens is 336 g/mol. The fourth-order valence-corrected chi connectivity index (χ4v) is 4.21. The Morgan fingerprint density at radius 1 is 1.29 bits per heavy atom. The Labute approximate surface area is 139 Å². The van der Waals surface area contributed by atoms with Crippen LogP contribution in [-0.4, -0.2) is 62.8 Å². The molecule has 0 radical (unpaired) electrons. The molecule has 1 aromatic carbocycles. The van der Waals surface area contributed by atoms with Crippen LogP contribution in [0.4, 0.5) is 5.69 Å². The average molecular weight is 354 g/mol. The fraction of sp³-hybridized carbons (Fsp3) is 0.400. The first-order valence-corrected chi connectivity index (χ1v) is 9.02. The first-order valence-electron chi connectivity index (χ1n) is 7.20. The van der Waals surface area contributed by atoms with Gasteiger partial charge in [-0.05, 0) is 24.6 Å². The molecule has 1 heterocycles. The van der Waals surface area contributed by atoms with Gasteiger partial charge in [-0.1, -0.05) is 6.07 Å². The van der Waals surface area contributed by atoms with Crippen LogP contribution < -0.4 is 5.32 Å². The molecular formula is C15H18N2O6S. The first kappa shape index (κ1) is 17.9. The molecule has 9 heteroatoms. The van der Waals surface area contributed by atoms with Gasteiger partial charge in [0.1, 0.15) is 0 Å². The third-order valence-electron chi connectivity index (χ3n) is 3.81. The van der Waals surface area contributed by atoms with Crippen LogP contribution in [0.2, 0.25) is 0 Å². The topological polar surface area (TPSA) is 110 Å². The number of ether oxygens (including phenoxy) is 1. The highest BCUT2D eigenvalue weighted by Crippen LogP contribution is 2.17. The molecule has 130 valence electrons. The second-order valence-electron chi connectivity index (χ2n) is 5.50. The van der Waals surface area contributed by atoms with Crippen LogP contribution in [-0.2, 0) is 24.2 Å². The molecule has 0 aromatic heterocycles. The monoisotopic (exact) mass is 354 g/mol. The van der Waals surface area contributed by atoms with Gasteiger partial charge in [-0.2, -0.15) is 0 Å². The maximum atomic E-state index is 12.1. The second kappa shape index (κ2) is 7.00. The van der Waals surface area contributed by atoms with Crippen LogP contribution in [0.3, 0.4) is 0 Å². The van der Waals surface area contributed by atoms with E-state index in [1.54, 1.807) is 6.07 Å². The molecule has 1 N–H and O–H groups in total. The van der Waals surface area contributed by atoms with Gasteiger partial charge in [0.2, 0.25) is 0 Å². The largest absolute Gasteiger partial charge is 0.465 e. The lowest BCUT2D eigenvalue weighted by molar-refractivity contribution is -0.143. The number of carbonyl (C=O) groups is 3. The van der Waals surface area contributed by atoms with Crippen molar-refractivity contribution >= 4 is 33.3 Å². The molecule has 1 saturated heterocycles. The number of esters is 1. The quantitative estimate of drug-likeness (QED) is 0.607. The number of carbonyl (C=O) groups excluding carboxylic acids is 3. The Bertz CT molecular complexity index is 774. The summed E-state index contributed by atoms with van der Waals surface area (Å²) in [5, 5.41) is 2.40. The average Bonchev–Trinajstić information content (AvgIpc) is 2.92. The maximum absolute atomic E-state index is 12.1. The Morgan fingerprint density at radius 3 is 2.58 bits per heavy atom. The molecule has 1 aliphatic heterocycles. The zero-order valence-corrected chi connectivity index (χ0v) is 14.1. The summed E-state index contributed by atoms with van der Waals surface area (Å²) in [6, 6.07) is 5.46. The van der Waals surface area contributed by atoms with Crippen LogP contribution in [0.15, 0.2) is 24.3 Å². The van der Waals surface area contributed by atoms with E-state index in [1.807, 2.05) is 0 Å². The van der Waals surface area contributed by atoms with Gasteiger partial charge in [-0.15, -0.1) is 0 Å². The summed E-state index contributed by atoms with van der Waals surface area (Å²) in [6.07, 6.45) is 0.315. The highest BCUT2D eigenvalue weighted by atomic mass is 32.2. The van der Waals surface area contributed by atoms with Gasteiger partial charge < -0.3 is 15.0 Å². The fourth-order valence-electron chi connectivity index (χ4n) is 2.43. The zero-order valence-electron chi connectivity index (χ0n) is 13.3. The van der Waals surface area contributed by atoms with E-state index >= 15 is 0 Å². The highest BCUT2D eigenvalue weighted by molar-refractivity contribution is 7.91.